The maximum atomic E-state index is 12.5. The van der Waals surface area contributed by atoms with Gasteiger partial charge in [0.15, 0.2) is 5.69 Å². The number of sulfonamides is 1. The van der Waals surface area contributed by atoms with E-state index in [0.717, 1.165) is 11.0 Å². The Morgan fingerprint density at radius 1 is 1.10 bits per heavy atom. The number of nitrogens with zero attached hydrogens (tertiary/aromatic N) is 3. The Morgan fingerprint density at radius 3 is 2.55 bits per heavy atom. The van der Waals surface area contributed by atoms with E-state index in [2.05, 4.69) is 15.5 Å². The highest BCUT2D eigenvalue weighted by atomic mass is 32.2. The fourth-order valence-electron chi connectivity index (χ4n) is 2.51. The molecule has 0 aliphatic heterocycles. The number of amides is 1. The molecule has 0 aliphatic rings. The van der Waals surface area contributed by atoms with E-state index in [1.165, 1.54) is 30.5 Å². The third kappa shape index (κ3) is 5.99. The van der Waals surface area contributed by atoms with Crippen LogP contribution in [0.5, 0.6) is 0 Å². The van der Waals surface area contributed by atoms with E-state index in [1.807, 2.05) is 35.1 Å². The lowest BCUT2D eigenvalue weighted by Crippen LogP contribution is -2.31. The molecule has 0 fully saturated rings. The molecule has 0 aliphatic carbocycles. The predicted molar refractivity (Wildman–Crippen MR) is 115 cm³/mol. The first-order valence-electron chi connectivity index (χ1n) is 8.92. The molecule has 0 atom stereocenters. The maximum absolute atomic E-state index is 12.5. The van der Waals surface area contributed by atoms with Crippen molar-refractivity contribution in [3.8, 4) is 0 Å². The van der Waals surface area contributed by atoms with Crippen LogP contribution < -0.4 is 10.0 Å². The van der Waals surface area contributed by atoms with Gasteiger partial charge in [-0.15, -0.1) is 16.9 Å². The number of hydrogen-bond acceptors (Lipinski definition) is 9. The second-order valence-electron chi connectivity index (χ2n) is 6.07. The van der Waals surface area contributed by atoms with E-state index in [1.54, 1.807) is 11.8 Å². The van der Waals surface area contributed by atoms with Crippen molar-refractivity contribution >= 4 is 39.1 Å². The van der Waals surface area contributed by atoms with Crippen LogP contribution >= 0.6 is 11.8 Å². The number of nitrogens with one attached hydrogen (secondary N) is 2. The van der Waals surface area contributed by atoms with Gasteiger partial charge >= 0.3 is 0 Å². The van der Waals surface area contributed by atoms with Crippen LogP contribution in [-0.2, 0) is 10.0 Å². The Kier molecular flexibility index (Phi) is 7.15. The van der Waals surface area contributed by atoms with E-state index in [9.17, 15) is 23.3 Å². The normalized spacial score (nSPS) is 11.0. The molecule has 2 N–H and O–H groups in total. The Morgan fingerprint density at radius 2 is 1.87 bits per heavy atom. The summed E-state index contributed by atoms with van der Waals surface area (Å²) >= 11 is 1.58. The van der Waals surface area contributed by atoms with Crippen molar-refractivity contribution in [3.05, 3.63) is 82.7 Å². The van der Waals surface area contributed by atoms with E-state index in [0.29, 0.717) is 12.3 Å². The van der Waals surface area contributed by atoms with Gasteiger partial charge in [-0.25, -0.2) is 13.1 Å². The van der Waals surface area contributed by atoms with E-state index in [4.69, 9.17) is 0 Å². The lowest BCUT2D eigenvalue weighted by molar-refractivity contribution is -0.384. The first-order chi connectivity index (χ1) is 14.9. The molecule has 0 unspecified atom stereocenters. The second-order valence-corrected chi connectivity index (χ2v) is 8.92. The van der Waals surface area contributed by atoms with Crippen molar-refractivity contribution in [1.29, 1.82) is 0 Å². The van der Waals surface area contributed by atoms with Crippen LogP contribution in [0.1, 0.15) is 10.5 Å². The minimum atomic E-state index is -4.35. The molecule has 3 aromatic rings. The monoisotopic (exact) mass is 459 g/mol. The van der Waals surface area contributed by atoms with Crippen LogP contribution in [0.4, 0.5) is 11.4 Å². The molecule has 12 heteroatoms. The zero-order valence-corrected chi connectivity index (χ0v) is 17.6. The minimum absolute atomic E-state index is 0.179. The predicted octanol–water partition coefficient (Wildman–Crippen LogP) is 2.71. The molecule has 0 bridgehead atoms. The molecule has 0 radical (unpaired) electrons. The molecule has 1 aromatic heterocycles. The summed E-state index contributed by atoms with van der Waals surface area (Å²) in [6, 6.07) is 15.8. The SMILES string of the molecule is O=C(NS(=O)(=O)c1ccc(NCCSc2ccccc2)c([N+](=O)[O-])c1)c1cccnn1. The largest absolute Gasteiger partial charge is 0.379 e. The molecule has 0 saturated heterocycles. The Hall–Kier alpha value is -3.51. The average Bonchev–Trinajstić information content (AvgIpc) is 2.77. The second kappa shape index (κ2) is 10.00. The van der Waals surface area contributed by atoms with Gasteiger partial charge in [0.1, 0.15) is 5.69 Å². The highest BCUT2D eigenvalue weighted by Crippen LogP contribution is 2.28. The van der Waals surface area contributed by atoms with Crippen molar-refractivity contribution in [1.82, 2.24) is 14.9 Å². The number of benzene rings is 2. The number of carbonyl (C=O) groups excluding carboxylic acids is 1. The third-order valence-electron chi connectivity index (χ3n) is 3.94. The first kappa shape index (κ1) is 22.2. The molecule has 2 aromatic carbocycles. The van der Waals surface area contributed by atoms with Crippen molar-refractivity contribution in [2.24, 2.45) is 0 Å². The fraction of sp³-hybridized carbons (Fsp3) is 0.105. The number of nitro benzene ring substituents is 1. The zero-order valence-electron chi connectivity index (χ0n) is 16.0. The molecule has 0 saturated carbocycles. The summed E-state index contributed by atoms with van der Waals surface area (Å²) in [4.78, 5) is 23.5. The number of carbonyl (C=O) groups is 1. The molecule has 1 heterocycles. The van der Waals surface area contributed by atoms with Crippen LogP contribution in [0.25, 0.3) is 0 Å². The summed E-state index contributed by atoms with van der Waals surface area (Å²) in [5.41, 5.74) is -0.438. The molecule has 3 rings (SSSR count). The third-order valence-corrected chi connectivity index (χ3v) is 6.28. The Balaban J connectivity index is 1.70. The molecular formula is C19H17N5O5S2. The molecule has 10 nitrogen and oxygen atoms in total. The van der Waals surface area contributed by atoms with Crippen LogP contribution in [0.3, 0.4) is 0 Å². The van der Waals surface area contributed by atoms with Gasteiger partial charge in [-0.1, -0.05) is 18.2 Å². The van der Waals surface area contributed by atoms with Crippen LogP contribution in [0.2, 0.25) is 0 Å². The maximum Gasteiger partial charge on any atom is 0.293 e. The minimum Gasteiger partial charge on any atom is -0.379 e. The summed E-state index contributed by atoms with van der Waals surface area (Å²) < 4.78 is 26.8. The molecular weight excluding hydrogens is 442 g/mol. The molecule has 160 valence electrons. The van der Waals surface area contributed by atoms with Gasteiger partial charge in [-0.2, -0.15) is 5.10 Å². The number of rotatable bonds is 9. The van der Waals surface area contributed by atoms with Gasteiger partial charge in [0.2, 0.25) is 0 Å². The highest BCUT2D eigenvalue weighted by Gasteiger charge is 2.24. The molecule has 0 spiro atoms. The van der Waals surface area contributed by atoms with Gasteiger partial charge in [0.25, 0.3) is 21.6 Å². The van der Waals surface area contributed by atoms with Gasteiger partial charge in [-0.3, -0.25) is 14.9 Å². The van der Waals surface area contributed by atoms with Gasteiger partial charge in [0, 0.05) is 29.5 Å². The lowest BCUT2D eigenvalue weighted by atomic mass is 10.2. The van der Waals surface area contributed by atoms with Crippen molar-refractivity contribution in [2.75, 3.05) is 17.6 Å². The Labute approximate surface area is 182 Å². The molecule has 1 amide bonds. The molecule has 31 heavy (non-hydrogen) atoms. The number of hydrogen-bond donors (Lipinski definition) is 2. The number of aromatic nitrogens is 2. The quantitative estimate of drug-likeness (QED) is 0.213. The van der Waals surface area contributed by atoms with Gasteiger partial charge in [-0.05, 0) is 36.4 Å². The summed E-state index contributed by atoms with van der Waals surface area (Å²) in [5.74, 6) is -0.342. The standard InChI is InChI=1S/C19H17N5O5S2/c25-19(17-7-4-10-21-22-17)23-31(28,29)15-8-9-16(18(13-15)24(26)27)20-11-12-30-14-5-2-1-3-6-14/h1-10,13,20H,11-12H2,(H,23,25). The van der Waals surface area contributed by atoms with Gasteiger partial charge < -0.3 is 5.32 Å². The van der Waals surface area contributed by atoms with Crippen molar-refractivity contribution in [2.45, 2.75) is 9.79 Å². The van der Waals surface area contributed by atoms with Crippen LogP contribution in [-0.4, -0.2) is 41.7 Å². The van der Waals surface area contributed by atoms with Gasteiger partial charge in [0.05, 0.1) is 9.82 Å². The van der Waals surface area contributed by atoms with Crippen LogP contribution in [0, 0.1) is 10.1 Å². The summed E-state index contributed by atoms with van der Waals surface area (Å²) in [6.07, 6.45) is 1.33. The van der Waals surface area contributed by atoms with E-state index >= 15 is 0 Å². The summed E-state index contributed by atoms with van der Waals surface area (Å²) in [7, 11) is -4.35. The zero-order chi connectivity index (χ0) is 22.3. The smallest absolute Gasteiger partial charge is 0.293 e. The lowest BCUT2D eigenvalue weighted by Gasteiger charge is -2.10. The first-order valence-corrected chi connectivity index (χ1v) is 11.4. The van der Waals surface area contributed by atoms with Crippen LogP contribution in [0.15, 0.2) is 76.7 Å². The summed E-state index contributed by atoms with van der Waals surface area (Å²) in [6.45, 7) is 0.426. The number of thioether (sulfide) groups is 1. The average molecular weight is 460 g/mol. The highest BCUT2D eigenvalue weighted by molar-refractivity contribution is 7.99. The number of nitro groups is 1. The Bertz CT molecular complexity index is 1170. The summed E-state index contributed by atoms with van der Waals surface area (Å²) in [5, 5.41) is 21.4. The number of anilines is 1. The fourth-order valence-corrected chi connectivity index (χ4v) is 4.28. The topological polar surface area (TPSA) is 144 Å². The van der Waals surface area contributed by atoms with E-state index in [-0.39, 0.29) is 11.4 Å². The van der Waals surface area contributed by atoms with Crippen molar-refractivity contribution < 1.29 is 18.1 Å². The van der Waals surface area contributed by atoms with E-state index < -0.39 is 31.4 Å². The van der Waals surface area contributed by atoms with Crippen molar-refractivity contribution in [3.63, 3.8) is 0 Å².